The van der Waals surface area contributed by atoms with Crippen LogP contribution in [0.3, 0.4) is 0 Å². The number of hydrogen-bond donors (Lipinski definition) is 2. The van der Waals surface area contributed by atoms with Crippen molar-refractivity contribution in [3.05, 3.63) is 78.0 Å². The smallest absolute Gasteiger partial charge is 0.356 e. The van der Waals surface area contributed by atoms with Gasteiger partial charge in [-0.15, -0.1) is 0 Å². The second kappa shape index (κ2) is 10.2. The summed E-state index contributed by atoms with van der Waals surface area (Å²) in [6.45, 7) is 5.48. The number of furan rings is 1. The van der Waals surface area contributed by atoms with Crippen LogP contribution in [0.1, 0.15) is 46.7 Å². The molecule has 0 fully saturated rings. The molecule has 4 rings (SSSR count). The molecule has 0 saturated heterocycles. The van der Waals surface area contributed by atoms with Gasteiger partial charge in [0.1, 0.15) is 11.9 Å². The maximum atomic E-state index is 13.0. The Hall–Kier alpha value is -4.07. The first kappa shape index (κ1) is 23.1. The summed E-state index contributed by atoms with van der Waals surface area (Å²) in [4.78, 5) is 30.6. The van der Waals surface area contributed by atoms with Gasteiger partial charge in [-0.3, -0.25) is 4.79 Å². The van der Waals surface area contributed by atoms with E-state index in [2.05, 4.69) is 29.5 Å². The minimum Gasteiger partial charge on any atom is -0.472 e. The zero-order valence-electron chi connectivity index (χ0n) is 19.5. The monoisotopic (exact) mass is 460 g/mol. The fraction of sp³-hybridized carbons (Fsp3) is 0.269. The highest BCUT2D eigenvalue weighted by Crippen LogP contribution is 2.33. The Morgan fingerprint density at radius 2 is 2.00 bits per heavy atom. The Kier molecular flexibility index (Phi) is 6.96. The van der Waals surface area contributed by atoms with Crippen LogP contribution in [0.25, 0.3) is 11.0 Å². The van der Waals surface area contributed by atoms with E-state index in [4.69, 9.17) is 9.15 Å². The summed E-state index contributed by atoms with van der Waals surface area (Å²) in [6, 6.07) is 13.2. The van der Waals surface area contributed by atoms with Gasteiger partial charge in [-0.1, -0.05) is 50.6 Å². The van der Waals surface area contributed by atoms with Crippen LogP contribution in [0, 0.1) is 5.92 Å². The summed E-state index contributed by atoms with van der Waals surface area (Å²) in [5, 5.41) is 6.93. The van der Waals surface area contributed by atoms with Gasteiger partial charge in [0.05, 0.1) is 36.5 Å². The highest BCUT2D eigenvalue weighted by molar-refractivity contribution is 6.14. The zero-order valence-corrected chi connectivity index (χ0v) is 19.5. The number of ether oxygens (including phenoxy) is 1. The summed E-state index contributed by atoms with van der Waals surface area (Å²) in [6.07, 6.45) is 5.57. The van der Waals surface area contributed by atoms with Gasteiger partial charge in [0.25, 0.3) is 5.91 Å². The van der Waals surface area contributed by atoms with E-state index in [-0.39, 0.29) is 5.69 Å². The quantitative estimate of drug-likeness (QED) is 0.334. The number of nitrogens with zero attached hydrogens (tertiary/aromatic N) is 2. The molecule has 1 atom stereocenters. The van der Waals surface area contributed by atoms with Crippen molar-refractivity contribution < 1.29 is 18.7 Å². The molecule has 3 heterocycles. The zero-order chi connectivity index (χ0) is 24.1. The topological polar surface area (TPSA) is 98.4 Å². The summed E-state index contributed by atoms with van der Waals surface area (Å²) in [5.74, 6) is -0.467. The van der Waals surface area contributed by atoms with Crippen molar-refractivity contribution >= 4 is 34.3 Å². The van der Waals surface area contributed by atoms with Gasteiger partial charge >= 0.3 is 5.97 Å². The minimum atomic E-state index is -0.564. The molecule has 2 N–H and O–H groups in total. The summed E-state index contributed by atoms with van der Waals surface area (Å²) >= 11 is 0. The molecule has 0 saturated carbocycles. The van der Waals surface area contributed by atoms with E-state index < -0.39 is 11.9 Å². The molecule has 8 nitrogen and oxygen atoms in total. The van der Waals surface area contributed by atoms with E-state index in [0.717, 1.165) is 24.2 Å². The van der Waals surface area contributed by atoms with Crippen LogP contribution in [0.15, 0.2) is 65.6 Å². The number of aromatic nitrogens is 2. The Morgan fingerprint density at radius 3 is 2.68 bits per heavy atom. The molecule has 0 spiro atoms. The number of pyridine rings is 1. The lowest BCUT2D eigenvalue weighted by atomic mass is 10.1. The van der Waals surface area contributed by atoms with Crippen molar-refractivity contribution in [3.8, 4) is 0 Å². The Balaban J connectivity index is 1.85. The van der Waals surface area contributed by atoms with Crippen LogP contribution in [-0.4, -0.2) is 35.1 Å². The van der Waals surface area contributed by atoms with E-state index in [9.17, 15) is 9.59 Å². The molecule has 3 aromatic heterocycles. The lowest BCUT2D eigenvalue weighted by Gasteiger charge is -2.11. The molecule has 0 aliphatic carbocycles. The van der Waals surface area contributed by atoms with Crippen LogP contribution in [0.2, 0.25) is 0 Å². The molecule has 0 radical (unpaired) electrons. The number of rotatable bonds is 9. The van der Waals surface area contributed by atoms with Gasteiger partial charge in [-0.2, -0.15) is 0 Å². The molecule has 4 aromatic rings. The second-order valence-electron chi connectivity index (χ2n) is 8.24. The van der Waals surface area contributed by atoms with Crippen molar-refractivity contribution in [1.82, 2.24) is 9.55 Å². The molecule has 0 unspecified atom stereocenters. The Labute approximate surface area is 197 Å². The lowest BCUT2D eigenvalue weighted by Crippen LogP contribution is -2.17. The molecule has 1 aromatic carbocycles. The van der Waals surface area contributed by atoms with Crippen molar-refractivity contribution in [3.63, 3.8) is 0 Å². The number of benzene rings is 1. The largest absolute Gasteiger partial charge is 0.472 e. The number of carbonyl (C=O) groups is 2. The number of hydrogen-bond acceptors (Lipinski definition) is 6. The van der Waals surface area contributed by atoms with E-state index >= 15 is 0 Å². The molecular weight excluding hydrogens is 432 g/mol. The van der Waals surface area contributed by atoms with Gasteiger partial charge < -0.3 is 24.4 Å². The van der Waals surface area contributed by atoms with E-state index in [0.29, 0.717) is 34.7 Å². The fourth-order valence-corrected chi connectivity index (χ4v) is 3.69. The van der Waals surface area contributed by atoms with Crippen LogP contribution in [0.4, 0.5) is 11.4 Å². The average Bonchev–Trinajstić information content (AvgIpc) is 3.50. The molecule has 176 valence electrons. The second-order valence-corrected chi connectivity index (χ2v) is 8.24. The van der Waals surface area contributed by atoms with Gasteiger partial charge in [-0.05, 0) is 23.6 Å². The number of fused-ring (bicyclic) bond motifs is 1. The number of nitrogens with one attached hydrogen (secondary N) is 2. The normalized spacial score (nSPS) is 11.9. The summed E-state index contributed by atoms with van der Waals surface area (Å²) in [7, 11) is 1.32. The Bertz CT molecular complexity index is 1280. The fourth-order valence-electron chi connectivity index (χ4n) is 3.69. The molecule has 0 aliphatic rings. The maximum Gasteiger partial charge on any atom is 0.356 e. The lowest BCUT2D eigenvalue weighted by molar-refractivity contribution is 0.0591. The third-order valence-electron chi connectivity index (χ3n) is 5.83. The van der Waals surface area contributed by atoms with E-state index in [1.54, 1.807) is 16.8 Å². The number of anilines is 2. The molecule has 8 heteroatoms. The summed E-state index contributed by atoms with van der Waals surface area (Å²) < 4.78 is 11.9. The van der Waals surface area contributed by atoms with Gasteiger partial charge in [0.2, 0.25) is 0 Å². The van der Waals surface area contributed by atoms with Crippen LogP contribution in [-0.2, 0) is 11.3 Å². The van der Waals surface area contributed by atoms with E-state index in [1.807, 2.05) is 36.4 Å². The van der Waals surface area contributed by atoms with Crippen LogP contribution < -0.4 is 10.6 Å². The van der Waals surface area contributed by atoms with Crippen LogP contribution >= 0.6 is 0 Å². The maximum absolute atomic E-state index is 13.0. The van der Waals surface area contributed by atoms with Crippen LogP contribution in [0.5, 0.6) is 0 Å². The molecular formula is C26H28N4O4. The average molecular weight is 461 g/mol. The molecule has 0 bridgehead atoms. The highest BCUT2D eigenvalue weighted by Gasteiger charge is 2.27. The molecule has 34 heavy (non-hydrogen) atoms. The van der Waals surface area contributed by atoms with Crippen molar-refractivity contribution in [1.29, 1.82) is 0 Å². The Morgan fingerprint density at radius 1 is 1.21 bits per heavy atom. The predicted octanol–water partition coefficient (Wildman–Crippen LogP) is 5.17. The van der Waals surface area contributed by atoms with Crippen molar-refractivity contribution in [2.45, 2.75) is 26.8 Å². The first-order chi connectivity index (χ1) is 16.5. The SMILES string of the molecule is CC[C@H](C)CNc1cnc2c(c1)c(NC(=O)c1ccoc1)c(C(=O)OC)n2Cc1ccccc1. The molecule has 0 aliphatic heterocycles. The number of esters is 1. The number of methoxy groups -OCH3 is 1. The highest BCUT2D eigenvalue weighted by atomic mass is 16.5. The standard InChI is InChI=1S/C26H28N4O4/c1-4-17(2)13-27-20-12-21-22(29-25(31)19-10-11-34-16-19)23(26(32)33-3)30(24(21)28-14-20)15-18-8-6-5-7-9-18/h5-12,14,16-17,27H,4,13,15H2,1-3H3,(H,29,31)/t17-/m0/s1. The molecule has 1 amide bonds. The van der Waals surface area contributed by atoms with Crippen molar-refractivity contribution in [2.24, 2.45) is 5.92 Å². The van der Waals surface area contributed by atoms with Gasteiger partial charge in [0, 0.05) is 18.5 Å². The van der Waals surface area contributed by atoms with Crippen molar-refractivity contribution in [2.75, 3.05) is 24.3 Å². The van der Waals surface area contributed by atoms with Gasteiger partial charge in [-0.25, -0.2) is 9.78 Å². The number of amides is 1. The third-order valence-corrected chi connectivity index (χ3v) is 5.83. The number of carbonyl (C=O) groups excluding carboxylic acids is 2. The minimum absolute atomic E-state index is 0.227. The predicted molar refractivity (Wildman–Crippen MR) is 131 cm³/mol. The first-order valence-corrected chi connectivity index (χ1v) is 11.2. The summed E-state index contributed by atoms with van der Waals surface area (Å²) in [5.41, 5.74) is 3.28. The van der Waals surface area contributed by atoms with Gasteiger partial charge in [0.15, 0.2) is 5.69 Å². The van der Waals surface area contributed by atoms with E-state index in [1.165, 1.54) is 19.6 Å². The third kappa shape index (κ3) is 4.80. The first-order valence-electron chi connectivity index (χ1n) is 11.2.